The number of aliphatic hydroxyl groups excluding tert-OH is 1. The second kappa shape index (κ2) is 8.64. The lowest BCUT2D eigenvalue weighted by atomic mass is 9.44. The van der Waals surface area contributed by atoms with E-state index in [-0.39, 0.29) is 33.9 Å². The summed E-state index contributed by atoms with van der Waals surface area (Å²) >= 11 is 0. The highest BCUT2D eigenvalue weighted by Gasteiger charge is 2.63. The molecular weight excluding hydrogens is 420 g/mol. The van der Waals surface area contributed by atoms with Crippen LogP contribution in [0.15, 0.2) is 35.5 Å². The molecule has 0 bridgehead atoms. The van der Waals surface area contributed by atoms with Crippen molar-refractivity contribution >= 4 is 6.47 Å². The van der Waals surface area contributed by atoms with Gasteiger partial charge >= 0.3 is 0 Å². The standard InChI is InChI=1S/C31H48O3/c1-20(2)21(3)9-11-25(34-19-32)24-14-18-30(7)23-10-12-26-28(4,5)27(33)15-16-29(26,6)22(23)13-17-31(24,30)8/h10,13,19-20,24-27,33H,3,9,11-12,14-18H2,1-2,4-8H3/t24?,25-,26?,27+,29?,30+,31?/m1/s1. The molecule has 4 aliphatic rings. The van der Waals surface area contributed by atoms with Gasteiger partial charge in [-0.2, -0.15) is 0 Å². The third kappa shape index (κ3) is 3.59. The van der Waals surface area contributed by atoms with Gasteiger partial charge in [-0.15, -0.1) is 0 Å². The molecule has 0 spiro atoms. The van der Waals surface area contributed by atoms with Gasteiger partial charge in [-0.1, -0.05) is 72.8 Å². The van der Waals surface area contributed by atoms with Gasteiger partial charge in [0.25, 0.3) is 6.47 Å². The molecule has 0 radical (unpaired) electrons. The summed E-state index contributed by atoms with van der Waals surface area (Å²) in [4.78, 5) is 11.5. The summed E-state index contributed by atoms with van der Waals surface area (Å²) in [6.07, 6.45) is 12.9. The van der Waals surface area contributed by atoms with E-state index in [4.69, 9.17) is 4.74 Å². The SMILES string of the molecule is C=C(CC[C@@H](OC=O)C1CC[C@@]2(C)C3=CCC4C(C)(CC[C@H](O)C4(C)C)C3=CCC12C)C(C)C. The van der Waals surface area contributed by atoms with Gasteiger partial charge < -0.3 is 9.84 Å². The van der Waals surface area contributed by atoms with Crippen molar-refractivity contribution in [1.82, 2.24) is 0 Å². The Kier molecular flexibility index (Phi) is 6.54. The number of hydrogen-bond acceptors (Lipinski definition) is 3. The molecule has 2 saturated carbocycles. The zero-order valence-electron chi connectivity index (χ0n) is 22.7. The van der Waals surface area contributed by atoms with Crippen LogP contribution in [-0.2, 0) is 9.53 Å². The Hall–Kier alpha value is -1.35. The average molecular weight is 469 g/mol. The number of hydrogen-bond donors (Lipinski definition) is 1. The number of allylic oxidation sites excluding steroid dienone is 5. The maximum Gasteiger partial charge on any atom is 0.293 e. The minimum atomic E-state index is -0.219. The molecule has 0 aromatic rings. The Labute approximate surface area is 208 Å². The zero-order chi connectivity index (χ0) is 25.1. The number of aliphatic hydroxyl groups is 1. The van der Waals surface area contributed by atoms with Crippen molar-refractivity contribution in [2.24, 2.45) is 39.4 Å². The first-order chi connectivity index (χ1) is 15.8. The van der Waals surface area contributed by atoms with E-state index in [9.17, 15) is 9.90 Å². The highest BCUT2D eigenvalue weighted by Crippen LogP contribution is 2.71. The van der Waals surface area contributed by atoms with E-state index in [1.807, 2.05) is 0 Å². The van der Waals surface area contributed by atoms with Crippen molar-refractivity contribution < 1.29 is 14.6 Å². The molecule has 0 aromatic carbocycles. The molecule has 34 heavy (non-hydrogen) atoms. The van der Waals surface area contributed by atoms with Crippen LogP contribution < -0.4 is 0 Å². The normalized spacial score (nSPS) is 41.5. The molecule has 7 atom stereocenters. The lowest BCUT2D eigenvalue weighted by Crippen LogP contribution is -2.54. The monoisotopic (exact) mass is 468 g/mol. The van der Waals surface area contributed by atoms with E-state index in [1.54, 1.807) is 11.1 Å². The van der Waals surface area contributed by atoms with E-state index in [2.05, 4.69) is 67.2 Å². The molecule has 2 fully saturated rings. The molecule has 4 unspecified atom stereocenters. The predicted molar refractivity (Wildman–Crippen MR) is 139 cm³/mol. The molecule has 4 rings (SSSR count). The topological polar surface area (TPSA) is 46.5 Å². The Balaban J connectivity index is 1.67. The number of fused-ring (bicyclic) bond motifs is 5. The second-order valence-corrected chi connectivity index (χ2v) is 13.5. The summed E-state index contributed by atoms with van der Waals surface area (Å²) in [5.74, 6) is 1.29. The van der Waals surface area contributed by atoms with Gasteiger partial charge in [-0.05, 0) is 96.0 Å². The second-order valence-electron chi connectivity index (χ2n) is 13.5. The summed E-state index contributed by atoms with van der Waals surface area (Å²) in [5.41, 5.74) is 4.58. The molecule has 0 aliphatic heterocycles. The molecule has 3 nitrogen and oxygen atoms in total. The number of carbonyl (C=O) groups excluding carboxylic acids is 1. The summed E-state index contributed by atoms with van der Waals surface area (Å²) in [6.45, 7) is 21.3. The molecule has 1 N–H and O–H groups in total. The Morgan fingerprint density at radius 1 is 1.15 bits per heavy atom. The number of rotatable bonds is 7. The first kappa shape index (κ1) is 25.7. The zero-order valence-corrected chi connectivity index (χ0v) is 22.7. The van der Waals surface area contributed by atoms with Crippen molar-refractivity contribution in [3.05, 3.63) is 35.5 Å². The Bertz CT molecular complexity index is 894. The van der Waals surface area contributed by atoms with Gasteiger partial charge in [0, 0.05) is 5.92 Å². The van der Waals surface area contributed by atoms with Crippen LogP contribution in [0.3, 0.4) is 0 Å². The highest BCUT2D eigenvalue weighted by molar-refractivity contribution is 5.50. The Morgan fingerprint density at radius 2 is 1.85 bits per heavy atom. The molecule has 0 heterocycles. The van der Waals surface area contributed by atoms with Crippen LogP contribution >= 0.6 is 0 Å². The summed E-state index contributed by atoms with van der Waals surface area (Å²) in [5, 5.41) is 10.8. The van der Waals surface area contributed by atoms with Crippen molar-refractivity contribution in [2.75, 3.05) is 0 Å². The molecule has 0 saturated heterocycles. The quantitative estimate of drug-likeness (QED) is 0.313. The first-order valence-corrected chi connectivity index (χ1v) is 13.7. The summed E-state index contributed by atoms with van der Waals surface area (Å²) < 4.78 is 5.81. The van der Waals surface area contributed by atoms with Gasteiger partial charge in [0.2, 0.25) is 0 Å². The van der Waals surface area contributed by atoms with Crippen molar-refractivity contribution in [3.63, 3.8) is 0 Å². The fourth-order valence-electron chi connectivity index (χ4n) is 8.68. The first-order valence-electron chi connectivity index (χ1n) is 13.7. The van der Waals surface area contributed by atoms with Crippen LogP contribution in [0.25, 0.3) is 0 Å². The van der Waals surface area contributed by atoms with Crippen LogP contribution in [0, 0.1) is 39.4 Å². The molecule has 3 heteroatoms. The molecule has 4 aliphatic carbocycles. The molecular formula is C31H48O3. The van der Waals surface area contributed by atoms with E-state index >= 15 is 0 Å². The van der Waals surface area contributed by atoms with Crippen LogP contribution in [0.5, 0.6) is 0 Å². The van der Waals surface area contributed by atoms with Crippen molar-refractivity contribution in [2.45, 2.75) is 112 Å². The Morgan fingerprint density at radius 3 is 2.50 bits per heavy atom. The fourth-order valence-corrected chi connectivity index (χ4v) is 8.68. The smallest absolute Gasteiger partial charge is 0.293 e. The third-order valence-electron chi connectivity index (χ3n) is 11.5. The maximum atomic E-state index is 11.5. The van der Waals surface area contributed by atoms with Crippen LogP contribution in [-0.4, -0.2) is 23.8 Å². The van der Waals surface area contributed by atoms with Crippen LogP contribution in [0.1, 0.15) is 99.8 Å². The minimum absolute atomic E-state index is 0.0499. The van der Waals surface area contributed by atoms with Gasteiger partial charge in [-0.25, -0.2) is 0 Å². The number of carbonyl (C=O) groups is 1. The van der Waals surface area contributed by atoms with E-state index in [0.29, 0.717) is 24.2 Å². The van der Waals surface area contributed by atoms with Crippen molar-refractivity contribution in [1.29, 1.82) is 0 Å². The van der Waals surface area contributed by atoms with E-state index < -0.39 is 0 Å². The van der Waals surface area contributed by atoms with Gasteiger partial charge in [0.1, 0.15) is 6.10 Å². The van der Waals surface area contributed by atoms with E-state index in [1.165, 1.54) is 5.57 Å². The van der Waals surface area contributed by atoms with Crippen molar-refractivity contribution in [3.8, 4) is 0 Å². The third-order valence-corrected chi connectivity index (χ3v) is 11.5. The maximum absolute atomic E-state index is 11.5. The largest absolute Gasteiger partial charge is 0.464 e. The molecule has 0 amide bonds. The number of ether oxygens (including phenoxy) is 1. The average Bonchev–Trinajstić information content (AvgIpc) is 3.05. The minimum Gasteiger partial charge on any atom is -0.464 e. The lowest BCUT2D eigenvalue weighted by molar-refractivity contribution is -0.140. The van der Waals surface area contributed by atoms with Gasteiger partial charge in [0.05, 0.1) is 6.10 Å². The fraction of sp³-hybridized carbons (Fsp3) is 0.774. The van der Waals surface area contributed by atoms with Gasteiger partial charge in [-0.3, -0.25) is 4.79 Å². The summed E-state index contributed by atoms with van der Waals surface area (Å²) in [6, 6.07) is 0. The van der Waals surface area contributed by atoms with Crippen LogP contribution in [0.4, 0.5) is 0 Å². The highest BCUT2D eigenvalue weighted by atomic mass is 16.5. The van der Waals surface area contributed by atoms with E-state index in [0.717, 1.165) is 51.4 Å². The summed E-state index contributed by atoms with van der Waals surface area (Å²) in [7, 11) is 0. The van der Waals surface area contributed by atoms with Crippen LogP contribution in [0.2, 0.25) is 0 Å². The van der Waals surface area contributed by atoms with Gasteiger partial charge in [0.15, 0.2) is 0 Å². The molecule has 0 aromatic heterocycles. The molecule has 190 valence electrons. The lowest BCUT2D eigenvalue weighted by Gasteiger charge is -2.61. The predicted octanol–water partition coefficient (Wildman–Crippen LogP) is 7.41.